The van der Waals surface area contributed by atoms with Gasteiger partial charge in [0.05, 0.1) is 6.61 Å². The van der Waals surface area contributed by atoms with Crippen molar-refractivity contribution in [2.24, 2.45) is 11.8 Å². The van der Waals surface area contributed by atoms with Crippen LogP contribution >= 0.6 is 0 Å². The molecule has 2 saturated carbocycles. The van der Waals surface area contributed by atoms with Crippen LogP contribution in [0.15, 0.2) is 0 Å². The van der Waals surface area contributed by atoms with Gasteiger partial charge in [0.25, 0.3) is 0 Å². The third kappa shape index (κ3) is 8.94. The first-order valence-electron chi connectivity index (χ1n) is 13.1. The van der Waals surface area contributed by atoms with Crippen molar-refractivity contribution in [1.82, 2.24) is 0 Å². The molecule has 10 nitrogen and oxygen atoms in total. The summed E-state index contributed by atoms with van der Waals surface area (Å²) < 4.78 is 21.7. The molecule has 202 valence electrons. The molecule has 6 atom stereocenters. The number of carbonyl (C=O) groups excluding carboxylic acids is 2. The molecule has 0 amide bonds. The van der Waals surface area contributed by atoms with Crippen molar-refractivity contribution in [3.05, 3.63) is 0 Å². The molecule has 0 aromatic carbocycles. The summed E-state index contributed by atoms with van der Waals surface area (Å²) in [5.74, 6) is -0.166. The van der Waals surface area contributed by atoms with Crippen LogP contribution in [0.3, 0.4) is 0 Å². The molecular formula is C25H42O10. The van der Waals surface area contributed by atoms with Crippen LogP contribution in [-0.2, 0) is 28.5 Å². The highest BCUT2D eigenvalue weighted by atomic mass is 16.7. The van der Waals surface area contributed by atoms with E-state index in [1.54, 1.807) is 0 Å². The molecule has 0 bridgehead atoms. The Bertz CT molecular complexity index is 644. The largest absolute Gasteiger partial charge is 0.463 e. The van der Waals surface area contributed by atoms with Gasteiger partial charge in [-0.05, 0) is 37.5 Å². The van der Waals surface area contributed by atoms with E-state index in [4.69, 9.17) is 18.9 Å². The Morgan fingerprint density at radius 2 is 1.31 bits per heavy atom. The van der Waals surface area contributed by atoms with Gasteiger partial charge in [0.2, 0.25) is 0 Å². The predicted molar refractivity (Wildman–Crippen MR) is 123 cm³/mol. The van der Waals surface area contributed by atoms with Crippen LogP contribution in [0.25, 0.3) is 0 Å². The second-order valence-corrected chi connectivity index (χ2v) is 10.2. The zero-order valence-corrected chi connectivity index (χ0v) is 20.5. The van der Waals surface area contributed by atoms with E-state index in [0.717, 1.165) is 51.4 Å². The van der Waals surface area contributed by atoms with Crippen LogP contribution in [0.2, 0.25) is 0 Å². The number of rotatable bonds is 11. The quantitative estimate of drug-likeness (QED) is 0.303. The van der Waals surface area contributed by atoms with Gasteiger partial charge < -0.3 is 39.4 Å². The third-order valence-electron chi connectivity index (χ3n) is 7.40. The molecule has 1 saturated heterocycles. The number of esters is 2. The van der Waals surface area contributed by atoms with E-state index in [9.17, 15) is 30.0 Å². The van der Waals surface area contributed by atoms with Crippen LogP contribution in [0.5, 0.6) is 0 Å². The Balaban J connectivity index is 1.44. The summed E-state index contributed by atoms with van der Waals surface area (Å²) >= 11 is 0. The molecule has 1 heterocycles. The molecule has 3 aliphatic rings. The average molecular weight is 503 g/mol. The number of ether oxygens (including phenoxy) is 4. The lowest BCUT2D eigenvalue weighted by Crippen LogP contribution is -2.60. The number of aliphatic hydroxyl groups is 4. The van der Waals surface area contributed by atoms with Gasteiger partial charge in [0.15, 0.2) is 6.29 Å². The number of hydrogen-bond acceptors (Lipinski definition) is 10. The smallest absolute Gasteiger partial charge is 0.306 e. The maximum atomic E-state index is 12.2. The second kappa shape index (κ2) is 14.4. The van der Waals surface area contributed by atoms with E-state index in [-0.39, 0.29) is 19.2 Å². The highest BCUT2D eigenvalue weighted by Crippen LogP contribution is 2.28. The topological polar surface area (TPSA) is 152 Å². The number of carbonyl (C=O) groups is 2. The summed E-state index contributed by atoms with van der Waals surface area (Å²) in [5.41, 5.74) is 0. The van der Waals surface area contributed by atoms with Crippen molar-refractivity contribution in [2.75, 3.05) is 19.8 Å². The predicted octanol–water partition coefficient (Wildman–Crippen LogP) is 1.20. The monoisotopic (exact) mass is 502 g/mol. The molecule has 10 heteroatoms. The van der Waals surface area contributed by atoms with Crippen LogP contribution in [0, 0.1) is 11.8 Å². The highest BCUT2D eigenvalue weighted by Gasteiger charge is 2.45. The van der Waals surface area contributed by atoms with Crippen molar-refractivity contribution in [1.29, 1.82) is 0 Å². The normalized spacial score (nSPS) is 31.6. The lowest BCUT2D eigenvalue weighted by molar-refractivity contribution is -0.315. The van der Waals surface area contributed by atoms with Gasteiger partial charge in [-0.25, -0.2) is 0 Å². The fourth-order valence-electron chi connectivity index (χ4n) is 5.22. The lowest BCUT2D eigenvalue weighted by atomic mass is 9.87. The third-order valence-corrected chi connectivity index (χ3v) is 7.40. The van der Waals surface area contributed by atoms with Crippen LogP contribution in [0.4, 0.5) is 0 Å². The Morgan fingerprint density at radius 3 is 1.86 bits per heavy atom. The summed E-state index contributed by atoms with van der Waals surface area (Å²) in [6, 6.07) is 0. The molecule has 1 unspecified atom stereocenters. The summed E-state index contributed by atoms with van der Waals surface area (Å²) in [6.07, 6.45) is 3.18. The summed E-state index contributed by atoms with van der Waals surface area (Å²) in [6.45, 7) is -1.06. The second-order valence-electron chi connectivity index (χ2n) is 10.2. The fraction of sp³-hybridized carbons (Fsp3) is 0.920. The standard InChI is InChI=1S/C25H42O10/c26-13-18(14-32-20(27)11-16-7-3-1-4-8-16)34-25-24(31)23(30)22(29)19(35-25)15-33-21(28)12-17-9-5-2-6-10-17/h16-19,22-26,29-31H,1-15H2/t18?,19-,22+,23+,24-,25-/m1/s1. The summed E-state index contributed by atoms with van der Waals surface area (Å²) in [7, 11) is 0. The summed E-state index contributed by atoms with van der Waals surface area (Å²) in [5, 5.41) is 40.5. The molecular weight excluding hydrogens is 460 g/mol. The maximum absolute atomic E-state index is 12.2. The van der Waals surface area contributed by atoms with E-state index in [1.165, 1.54) is 12.8 Å². The first-order chi connectivity index (χ1) is 16.9. The molecule has 0 aromatic heterocycles. The van der Waals surface area contributed by atoms with Crippen molar-refractivity contribution in [3.8, 4) is 0 Å². The fourth-order valence-corrected chi connectivity index (χ4v) is 5.22. The van der Waals surface area contributed by atoms with E-state index in [2.05, 4.69) is 0 Å². The van der Waals surface area contributed by atoms with Gasteiger partial charge in [-0.1, -0.05) is 38.5 Å². The summed E-state index contributed by atoms with van der Waals surface area (Å²) in [4.78, 5) is 24.4. The minimum atomic E-state index is -1.61. The zero-order valence-electron chi connectivity index (χ0n) is 20.5. The Hall–Kier alpha value is -1.30. The molecule has 0 spiro atoms. The first kappa shape index (κ1) is 28.3. The molecule has 3 fully saturated rings. The molecule has 3 rings (SSSR count). The van der Waals surface area contributed by atoms with E-state index in [1.807, 2.05) is 0 Å². The molecule has 0 aromatic rings. The van der Waals surface area contributed by atoms with Crippen LogP contribution in [0.1, 0.15) is 77.0 Å². The van der Waals surface area contributed by atoms with Crippen LogP contribution in [-0.4, -0.2) is 89.0 Å². The zero-order chi connectivity index (χ0) is 25.2. The first-order valence-corrected chi connectivity index (χ1v) is 13.1. The minimum Gasteiger partial charge on any atom is -0.463 e. The van der Waals surface area contributed by atoms with E-state index < -0.39 is 49.4 Å². The molecule has 0 radical (unpaired) electrons. The number of hydrogen-bond donors (Lipinski definition) is 4. The SMILES string of the molecule is O=C(CC1CCCCC1)OCC(CO)O[C@@H]1O[C@H](COC(=O)CC2CCCCC2)[C@H](O)[C@H](O)[C@H]1O. The lowest BCUT2D eigenvalue weighted by Gasteiger charge is -2.41. The highest BCUT2D eigenvalue weighted by molar-refractivity contribution is 5.70. The van der Waals surface area contributed by atoms with Gasteiger partial charge in [0.1, 0.15) is 43.7 Å². The van der Waals surface area contributed by atoms with E-state index in [0.29, 0.717) is 24.7 Å². The van der Waals surface area contributed by atoms with Crippen molar-refractivity contribution in [2.45, 2.75) is 114 Å². The Labute approximate surface area is 206 Å². The van der Waals surface area contributed by atoms with Gasteiger partial charge in [-0.3, -0.25) is 9.59 Å². The van der Waals surface area contributed by atoms with Gasteiger partial charge in [-0.2, -0.15) is 0 Å². The number of aliphatic hydroxyl groups excluding tert-OH is 4. The average Bonchev–Trinajstić information content (AvgIpc) is 2.87. The van der Waals surface area contributed by atoms with E-state index >= 15 is 0 Å². The van der Waals surface area contributed by atoms with Crippen molar-refractivity contribution in [3.63, 3.8) is 0 Å². The van der Waals surface area contributed by atoms with Crippen molar-refractivity contribution >= 4 is 11.9 Å². The minimum absolute atomic E-state index is 0.242. The van der Waals surface area contributed by atoms with Crippen LogP contribution < -0.4 is 0 Å². The van der Waals surface area contributed by atoms with Crippen molar-refractivity contribution < 1.29 is 49.0 Å². The Morgan fingerprint density at radius 1 is 0.771 bits per heavy atom. The Kier molecular flexibility index (Phi) is 11.7. The molecule has 35 heavy (non-hydrogen) atoms. The molecule has 4 N–H and O–H groups in total. The van der Waals surface area contributed by atoms with Gasteiger partial charge in [-0.15, -0.1) is 0 Å². The van der Waals surface area contributed by atoms with Gasteiger partial charge in [0, 0.05) is 12.8 Å². The maximum Gasteiger partial charge on any atom is 0.306 e. The molecule has 1 aliphatic heterocycles. The van der Waals surface area contributed by atoms with Gasteiger partial charge >= 0.3 is 11.9 Å². The molecule has 2 aliphatic carbocycles.